The molecule has 0 fully saturated rings. The van der Waals surface area contributed by atoms with Crippen molar-refractivity contribution >= 4 is 0 Å². The van der Waals surface area contributed by atoms with Crippen LogP contribution in [0.3, 0.4) is 0 Å². The highest BCUT2D eigenvalue weighted by Crippen LogP contribution is 2.29. The minimum Gasteiger partial charge on any atom is -0.0622 e. The van der Waals surface area contributed by atoms with E-state index >= 15 is 0 Å². The van der Waals surface area contributed by atoms with Crippen LogP contribution in [0.25, 0.3) is 0 Å². The Balaban J connectivity index is 1.32. The summed E-state index contributed by atoms with van der Waals surface area (Å²) in [5.41, 5.74) is 3.31. The first kappa shape index (κ1) is 24.7. The van der Waals surface area contributed by atoms with Crippen molar-refractivity contribution in [2.75, 3.05) is 0 Å². The molecular formula is C30H46. The van der Waals surface area contributed by atoms with E-state index in [2.05, 4.69) is 74.5 Å². The van der Waals surface area contributed by atoms with E-state index in [4.69, 9.17) is 0 Å². The molecule has 0 aromatic heterocycles. The lowest BCUT2D eigenvalue weighted by Crippen LogP contribution is -2.16. The van der Waals surface area contributed by atoms with Crippen LogP contribution in [0.5, 0.6) is 0 Å². The van der Waals surface area contributed by atoms with Crippen molar-refractivity contribution < 1.29 is 0 Å². The third-order valence-electron chi connectivity index (χ3n) is 6.67. The Morgan fingerprint density at radius 1 is 0.467 bits per heavy atom. The van der Waals surface area contributed by atoms with Crippen LogP contribution in [-0.4, -0.2) is 0 Å². The number of hydrogen-bond acceptors (Lipinski definition) is 0. The first-order valence-electron chi connectivity index (χ1n) is 12.8. The summed E-state index contributed by atoms with van der Waals surface area (Å²) in [6, 6.07) is 22.0. The first-order valence-corrected chi connectivity index (χ1v) is 12.8. The Morgan fingerprint density at radius 3 is 1.37 bits per heavy atom. The van der Waals surface area contributed by atoms with Gasteiger partial charge in [0.05, 0.1) is 0 Å². The van der Waals surface area contributed by atoms with Crippen LogP contribution < -0.4 is 0 Å². The van der Waals surface area contributed by atoms with Gasteiger partial charge in [-0.05, 0) is 35.8 Å². The molecule has 0 atom stereocenters. The molecule has 0 heterocycles. The SMILES string of the molecule is CC(C)(CCCCCCCCCCCCCCCc1ccccc1)c1ccccc1. The predicted molar refractivity (Wildman–Crippen MR) is 134 cm³/mol. The number of aryl methyl sites for hydroxylation is 1. The molecule has 0 aliphatic rings. The summed E-state index contributed by atoms with van der Waals surface area (Å²) in [6.07, 6.45) is 21.0. The van der Waals surface area contributed by atoms with Crippen molar-refractivity contribution in [3.63, 3.8) is 0 Å². The second kappa shape index (κ2) is 15.3. The van der Waals surface area contributed by atoms with Gasteiger partial charge < -0.3 is 0 Å². The second-order valence-electron chi connectivity index (χ2n) is 9.83. The van der Waals surface area contributed by atoms with Gasteiger partial charge in [-0.1, -0.05) is 152 Å². The summed E-state index contributed by atoms with van der Waals surface area (Å²) >= 11 is 0. The van der Waals surface area contributed by atoms with Crippen LogP contribution in [0, 0.1) is 0 Å². The van der Waals surface area contributed by atoms with Gasteiger partial charge in [0.25, 0.3) is 0 Å². The smallest absolute Gasteiger partial charge is 0.0104 e. The zero-order valence-corrected chi connectivity index (χ0v) is 19.9. The molecule has 0 amide bonds. The van der Waals surface area contributed by atoms with E-state index in [1.54, 1.807) is 0 Å². The normalized spacial score (nSPS) is 11.7. The molecule has 0 N–H and O–H groups in total. The van der Waals surface area contributed by atoms with Crippen LogP contribution in [0.2, 0.25) is 0 Å². The van der Waals surface area contributed by atoms with Gasteiger partial charge in [0.1, 0.15) is 0 Å². The molecule has 0 unspecified atom stereocenters. The highest BCUT2D eigenvalue weighted by molar-refractivity contribution is 5.23. The quantitative estimate of drug-likeness (QED) is 0.229. The summed E-state index contributed by atoms with van der Waals surface area (Å²) in [5.74, 6) is 0. The van der Waals surface area contributed by atoms with Gasteiger partial charge in [-0.15, -0.1) is 0 Å². The topological polar surface area (TPSA) is 0 Å². The van der Waals surface area contributed by atoms with E-state index in [1.807, 2.05) is 0 Å². The van der Waals surface area contributed by atoms with Gasteiger partial charge in [-0.2, -0.15) is 0 Å². The number of hydrogen-bond donors (Lipinski definition) is 0. The van der Waals surface area contributed by atoms with Crippen molar-refractivity contribution in [1.29, 1.82) is 0 Å². The van der Waals surface area contributed by atoms with Crippen molar-refractivity contribution in [2.45, 2.75) is 116 Å². The lowest BCUT2D eigenvalue weighted by atomic mass is 9.80. The van der Waals surface area contributed by atoms with E-state index in [0.29, 0.717) is 5.41 Å². The predicted octanol–water partition coefficient (Wildman–Crippen LogP) is 9.67. The number of benzene rings is 2. The minimum absolute atomic E-state index is 0.322. The maximum absolute atomic E-state index is 2.39. The fourth-order valence-electron chi connectivity index (χ4n) is 4.52. The molecule has 2 aromatic rings. The highest BCUT2D eigenvalue weighted by Gasteiger charge is 2.19. The van der Waals surface area contributed by atoms with E-state index in [9.17, 15) is 0 Å². The van der Waals surface area contributed by atoms with Crippen LogP contribution in [0.15, 0.2) is 60.7 Å². The molecule has 0 saturated carbocycles. The molecule has 0 radical (unpaired) electrons. The average molecular weight is 407 g/mol. The largest absolute Gasteiger partial charge is 0.0622 e. The van der Waals surface area contributed by atoms with Crippen LogP contribution >= 0.6 is 0 Å². The lowest BCUT2D eigenvalue weighted by molar-refractivity contribution is 0.441. The second-order valence-corrected chi connectivity index (χ2v) is 9.83. The maximum Gasteiger partial charge on any atom is -0.0104 e. The molecule has 0 bridgehead atoms. The van der Waals surface area contributed by atoms with E-state index < -0.39 is 0 Å². The van der Waals surface area contributed by atoms with Crippen molar-refractivity contribution in [1.82, 2.24) is 0 Å². The Bertz CT molecular complexity index is 626. The van der Waals surface area contributed by atoms with Crippen LogP contribution in [-0.2, 0) is 11.8 Å². The molecule has 0 spiro atoms. The van der Waals surface area contributed by atoms with Gasteiger partial charge in [0.2, 0.25) is 0 Å². The number of rotatable bonds is 17. The molecular weight excluding hydrogens is 360 g/mol. The standard InChI is InChI=1S/C30H46/c1-30(2,29-25-19-15-20-26-29)27-21-13-11-9-7-5-3-4-6-8-10-12-16-22-28-23-17-14-18-24-28/h14-15,17-20,23-26H,3-13,16,21-22,27H2,1-2H3. The maximum atomic E-state index is 2.39. The summed E-state index contributed by atoms with van der Waals surface area (Å²) in [7, 11) is 0. The minimum atomic E-state index is 0.322. The first-order chi connectivity index (χ1) is 14.7. The van der Waals surface area contributed by atoms with Gasteiger partial charge in [-0.25, -0.2) is 0 Å². The van der Waals surface area contributed by atoms with Gasteiger partial charge in [0.15, 0.2) is 0 Å². The van der Waals surface area contributed by atoms with E-state index in [-0.39, 0.29) is 0 Å². The summed E-state index contributed by atoms with van der Waals surface area (Å²) < 4.78 is 0. The summed E-state index contributed by atoms with van der Waals surface area (Å²) in [5, 5.41) is 0. The average Bonchev–Trinajstić information content (AvgIpc) is 2.77. The summed E-state index contributed by atoms with van der Waals surface area (Å²) in [6.45, 7) is 4.79. The molecule has 0 heteroatoms. The molecule has 2 rings (SSSR count). The molecule has 0 nitrogen and oxygen atoms in total. The van der Waals surface area contributed by atoms with Crippen LogP contribution in [0.1, 0.15) is 115 Å². The Labute approximate surface area is 187 Å². The molecule has 2 aromatic carbocycles. The molecule has 30 heavy (non-hydrogen) atoms. The van der Waals surface area contributed by atoms with E-state index in [1.165, 1.54) is 107 Å². The van der Waals surface area contributed by atoms with Crippen LogP contribution in [0.4, 0.5) is 0 Å². The molecule has 0 aliphatic carbocycles. The molecule has 0 aliphatic heterocycles. The fraction of sp³-hybridized carbons (Fsp3) is 0.600. The Kier molecular flexibility index (Phi) is 12.6. The third kappa shape index (κ3) is 11.0. The van der Waals surface area contributed by atoms with Gasteiger partial charge in [-0.3, -0.25) is 0 Å². The monoisotopic (exact) mass is 406 g/mol. The lowest BCUT2D eigenvalue weighted by Gasteiger charge is -2.25. The molecule has 166 valence electrons. The zero-order chi connectivity index (χ0) is 21.3. The Hall–Kier alpha value is -1.56. The number of unbranched alkanes of at least 4 members (excludes halogenated alkanes) is 12. The van der Waals surface area contributed by atoms with Gasteiger partial charge in [0, 0.05) is 0 Å². The van der Waals surface area contributed by atoms with Crippen molar-refractivity contribution in [2.24, 2.45) is 0 Å². The third-order valence-corrected chi connectivity index (χ3v) is 6.67. The van der Waals surface area contributed by atoms with Gasteiger partial charge >= 0.3 is 0 Å². The fourth-order valence-corrected chi connectivity index (χ4v) is 4.52. The van der Waals surface area contributed by atoms with Crippen molar-refractivity contribution in [3.05, 3.63) is 71.8 Å². The molecule has 0 saturated heterocycles. The zero-order valence-electron chi connectivity index (χ0n) is 19.9. The highest BCUT2D eigenvalue weighted by atomic mass is 14.2. The van der Waals surface area contributed by atoms with E-state index in [0.717, 1.165) is 0 Å². The van der Waals surface area contributed by atoms with Crippen molar-refractivity contribution in [3.8, 4) is 0 Å². The Morgan fingerprint density at radius 2 is 0.867 bits per heavy atom. The summed E-state index contributed by atoms with van der Waals surface area (Å²) in [4.78, 5) is 0.